The first-order valence-corrected chi connectivity index (χ1v) is 12.5. The molecule has 180 valence electrons. The Balaban J connectivity index is 1.33. The summed E-state index contributed by atoms with van der Waals surface area (Å²) >= 11 is 0. The molecule has 2 N–H and O–H groups in total. The van der Waals surface area contributed by atoms with Crippen LogP contribution in [-0.4, -0.2) is 39.7 Å². The minimum Gasteiger partial charge on any atom is -0.477 e. The Kier molecular flexibility index (Phi) is 6.98. The fraction of sp³-hybridized carbons (Fsp3) is 0.300. The highest BCUT2D eigenvalue weighted by Gasteiger charge is 2.24. The molecule has 0 aliphatic carbocycles. The lowest BCUT2D eigenvalue weighted by atomic mass is 10.0. The minimum atomic E-state index is -0.871. The number of aromatic carboxylic acids is 1. The summed E-state index contributed by atoms with van der Waals surface area (Å²) in [4.78, 5) is 15.0. The molecular formula is C30H33N3O2. The Morgan fingerprint density at radius 3 is 2.34 bits per heavy atom. The number of carbonyl (C=O) groups is 1. The molecule has 0 atom stereocenters. The number of hydrogen-bond donors (Lipinski definition) is 2. The van der Waals surface area contributed by atoms with Gasteiger partial charge in [-0.15, -0.1) is 0 Å². The van der Waals surface area contributed by atoms with Crippen LogP contribution in [0.1, 0.15) is 45.6 Å². The molecule has 1 aliphatic rings. The number of hydrogen-bond acceptors (Lipinski definition) is 3. The zero-order chi connectivity index (χ0) is 24.2. The van der Waals surface area contributed by atoms with Gasteiger partial charge in [0.2, 0.25) is 0 Å². The maximum atomic E-state index is 12.5. The van der Waals surface area contributed by atoms with Crippen LogP contribution in [0.2, 0.25) is 0 Å². The summed E-state index contributed by atoms with van der Waals surface area (Å²) in [6, 6.07) is 27.3. The van der Waals surface area contributed by atoms with E-state index in [0.29, 0.717) is 24.8 Å². The van der Waals surface area contributed by atoms with Crippen molar-refractivity contribution in [2.75, 3.05) is 13.1 Å². The summed E-state index contributed by atoms with van der Waals surface area (Å²) in [6.07, 6.45) is 2.13. The molecule has 0 bridgehead atoms. The fourth-order valence-corrected chi connectivity index (χ4v) is 5.30. The van der Waals surface area contributed by atoms with Gasteiger partial charge in [-0.05, 0) is 55.6 Å². The van der Waals surface area contributed by atoms with Gasteiger partial charge in [0.05, 0.1) is 0 Å². The molecule has 4 aromatic rings. The monoisotopic (exact) mass is 467 g/mol. The molecule has 5 heteroatoms. The van der Waals surface area contributed by atoms with E-state index in [4.69, 9.17) is 0 Å². The highest BCUT2D eigenvalue weighted by molar-refractivity contribution is 5.98. The Labute approximate surface area is 207 Å². The Morgan fingerprint density at radius 1 is 0.914 bits per heavy atom. The molecule has 1 saturated heterocycles. The SMILES string of the molecule is Cc1ccccc1Cn1c(C(=O)O)c(CNC2CCN(Cc3ccccc3)CC2)c2ccccc21. The quantitative estimate of drug-likeness (QED) is 0.362. The molecule has 3 aromatic carbocycles. The van der Waals surface area contributed by atoms with Crippen molar-refractivity contribution in [1.29, 1.82) is 0 Å². The van der Waals surface area contributed by atoms with Gasteiger partial charge in [0.15, 0.2) is 0 Å². The van der Waals surface area contributed by atoms with E-state index in [1.165, 1.54) is 11.1 Å². The van der Waals surface area contributed by atoms with E-state index in [1.807, 2.05) is 34.9 Å². The molecule has 0 amide bonds. The van der Waals surface area contributed by atoms with E-state index in [0.717, 1.165) is 54.5 Å². The first-order chi connectivity index (χ1) is 17.1. The number of aromatic nitrogens is 1. The maximum absolute atomic E-state index is 12.5. The average Bonchev–Trinajstić information content (AvgIpc) is 3.19. The van der Waals surface area contributed by atoms with Crippen LogP contribution in [0.4, 0.5) is 0 Å². The van der Waals surface area contributed by atoms with Crippen molar-refractivity contribution in [2.45, 2.75) is 45.4 Å². The third kappa shape index (κ3) is 5.16. The number of nitrogens with one attached hydrogen (secondary N) is 1. The zero-order valence-corrected chi connectivity index (χ0v) is 20.3. The number of fused-ring (bicyclic) bond motifs is 1. The molecule has 1 fully saturated rings. The van der Waals surface area contributed by atoms with E-state index in [2.05, 4.69) is 65.7 Å². The van der Waals surface area contributed by atoms with Crippen molar-refractivity contribution in [3.8, 4) is 0 Å². The molecule has 5 rings (SSSR count). The lowest BCUT2D eigenvalue weighted by molar-refractivity contribution is 0.0684. The second-order valence-electron chi connectivity index (χ2n) is 9.58. The van der Waals surface area contributed by atoms with Crippen molar-refractivity contribution in [2.24, 2.45) is 0 Å². The van der Waals surface area contributed by atoms with Gasteiger partial charge in [-0.3, -0.25) is 4.90 Å². The number of para-hydroxylation sites is 1. The van der Waals surface area contributed by atoms with E-state index >= 15 is 0 Å². The van der Waals surface area contributed by atoms with Gasteiger partial charge in [0, 0.05) is 42.1 Å². The largest absolute Gasteiger partial charge is 0.477 e. The molecule has 35 heavy (non-hydrogen) atoms. The first kappa shape index (κ1) is 23.3. The van der Waals surface area contributed by atoms with Gasteiger partial charge in [0.25, 0.3) is 0 Å². The molecule has 0 unspecified atom stereocenters. The number of likely N-dealkylation sites (tertiary alicyclic amines) is 1. The molecule has 0 spiro atoms. The third-order valence-corrected chi connectivity index (χ3v) is 7.27. The number of rotatable bonds is 8. The van der Waals surface area contributed by atoms with Crippen LogP contribution in [0.15, 0.2) is 78.9 Å². The van der Waals surface area contributed by atoms with Gasteiger partial charge >= 0.3 is 5.97 Å². The number of carboxylic acids is 1. The van der Waals surface area contributed by atoms with Crippen LogP contribution in [0, 0.1) is 6.92 Å². The molecule has 0 saturated carbocycles. The second kappa shape index (κ2) is 10.5. The van der Waals surface area contributed by atoms with E-state index in [9.17, 15) is 9.90 Å². The minimum absolute atomic E-state index is 0.391. The standard InChI is InChI=1S/C30H33N3O2/c1-22-9-5-6-12-24(22)21-33-28-14-8-7-13-26(28)27(29(33)30(34)35)19-31-25-15-17-32(18-16-25)20-23-10-3-2-4-11-23/h2-14,25,31H,15-21H2,1H3,(H,34,35). The topological polar surface area (TPSA) is 57.5 Å². The predicted molar refractivity (Wildman–Crippen MR) is 141 cm³/mol. The van der Waals surface area contributed by atoms with Crippen LogP contribution in [0.5, 0.6) is 0 Å². The predicted octanol–water partition coefficient (Wildman–Crippen LogP) is 5.45. The molecular weight excluding hydrogens is 434 g/mol. The van der Waals surface area contributed by atoms with Crippen molar-refractivity contribution in [3.05, 3.63) is 107 Å². The molecule has 2 heterocycles. The van der Waals surface area contributed by atoms with Crippen molar-refractivity contribution < 1.29 is 9.90 Å². The maximum Gasteiger partial charge on any atom is 0.352 e. The lowest BCUT2D eigenvalue weighted by Gasteiger charge is -2.32. The van der Waals surface area contributed by atoms with E-state index in [-0.39, 0.29) is 0 Å². The number of piperidine rings is 1. The van der Waals surface area contributed by atoms with Crippen molar-refractivity contribution >= 4 is 16.9 Å². The molecule has 1 aromatic heterocycles. The van der Waals surface area contributed by atoms with Crippen LogP contribution >= 0.6 is 0 Å². The summed E-state index contributed by atoms with van der Waals surface area (Å²) in [7, 11) is 0. The molecule has 1 aliphatic heterocycles. The van der Waals surface area contributed by atoms with Crippen molar-refractivity contribution in [3.63, 3.8) is 0 Å². The first-order valence-electron chi connectivity index (χ1n) is 12.5. The summed E-state index contributed by atoms with van der Waals surface area (Å²) < 4.78 is 1.97. The molecule has 5 nitrogen and oxygen atoms in total. The van der Waals surface area contributed by atoms with Crippen LogP contribution < -0.4 is 5.32 Å². The average molecular weight is 468 g/mol. The highest BCUT2D eigenvalue weighted by Crippen LogP contribution is 2.28. The number of benzene rings is 3. The fourth-order valence-electron chi connectivity index (χ4n) is 5.30. The summed E-state index contributed by atoms with van der Waals surface area (Å²) in [5.41, 5.74) is 5.91. The second-order valence-corrected chi connectivity index (χ2v) is 9.58. The van der Waals surface area contributed by atoms with Gasteiger partial charge in [0.1, 0.15) is 5.69 Å². The van der Waals surface area contributed by atoms with E-state index in [1.54, 1.807) is 0 Å². The zero-order valence-electron chi connectivity index (χ0n) is 20.3. The number of aryl methyl sites for hydroxylation is 1. The Hall–Kier alpha value is -3.41. The van der Waals surface area contributed by atoms with Gasteiger partial charge in [-0.1, -0.05) is 72.8 Å². The summed E-state index contributed by atoms with van der Waals surface area (Å²) in [5, 5.41) is 15.0. The lowest BCUT2D eigenvalue weighted by Crippen LogP contribution is -2.42. The third-order valence-electron chi connectivity index (χ3n) is 7.27. The highest BCUT2D eigenvalue weighted by atomic mass is 16.4. The van der Waals surface area contributed by atoms with Crippen LogP contribution in [0.25, 0.3) is 10.9 Å². The number of carboxylic acid groups (broad SMARTS) is 1. The summed E-state index contributed by atoms with van der Waals surface area (Å²) in [6.45, 7) is 6.27. The smallest absolute Gasteiger partial charge is 0.352 e. The summed E-state index contributed by atoms with van der Waals surface area (Å²) in [5.74, 6) is -0.871. The van der Waals surface area contributed by atoms with Gasteiger partial charge in [-0.2, -0.15) is 0 Å². The number of nitrogens with zero attached hydrogens (tertiary/aromatic N) is 2. The van der Waals surface area contributed by atoms with E-state index < -0.39 is 5.97 Å². The van der Waals surface area contributed by atoms with Crippen molar-refractivity contribution in [1.82, 2.24) is 14.8 Å². The van der Waals surface area contributed by atoms with Crippen LogP contribution in [-0.2, 0) is 19.6 Å². The van der Waals surface area contributed by atoms with Crippen LogP contribution in [0.3, 0.4) is 0 Å². The molecule has 0 radical (unpaired) electrons. The Morgan fingerprint density at radius 2 is 1.60 bits per heavy atom. The van der Waals surface area contributed by atoms with Gasteiger partial charge < -0.3 is 15.0 Å². The Bertz CT molecular complexity index is 1300. The van der Waals surface area contributed by atoms with Gasteiger partial charge in [-0.25, -0.2) is 4.79 Å². The normalized spacial score (nSPS) is 15.0.